The summed E-state index contributed by atoms with van der Waals surface area (Å²) in [5.41, 5.74) is 0.138. The number of hydrogen-bond acceptors (Lipinski definition) is 8. The van der Waals surface area contributed by atoms with Crippen LogP contribution in [0.1, 0.15) is 95.6 Å². The lowest BCUT2D eigenvalue weighted by atomic mass is 9.51. The number of hydrogen-bond donors (Lipinski definition) is 1. The molecule has 6 atom stereocenters. The maximum atomic E-state index is 14.9. The van der Waals surface area contributed by atoms with Crippen LogP contribution in [0.3, 0.4) is 0 Å². The van der Waals surface area contributed by atoms with Gasteiger partial charge in [-0.15, -0.1) is 0 Å². The Morgan fingerprint density at radius 1 is 1.09 bits per heavy atom. The number of phenolic OH excluding ortho intramolecular Hbond substituents is 1. The molecule has 8 rings (SSSR count). The fourth-order valence-corrected chi connectivity index (χ4v) is 9.14. The molecule has 1 saturated heterocycles. The third kappa shape index (κ3) is 3.85. The second-order valence-electron chi connectivity index (χ2n) is 14.9. The van der Waals surface area contributed by atoms with Crippen LogP contribution in [-0.4, -0.2) is 45.5 Å². The van der Waals surface area contributed by atoms with Gasteiger partial charge in [-0.25, -0.2) is 0 Å². The van der Waals surface area contributed by atoms with E-state index >= 15 is 0 Å². The Kier molecular flexibility index (Phi) is 6.55. The first-order valence-corrected chi connectivity index (χ1v) is 16.2. The number of ether oxygens (including phenoxy) is 4. The predicted molar refractivity (Wildman–Crippen MR) is 172 cm³/mol. The smallest absolute Gasteiger partial charge is 0.298 e. The zero-order chi connectivity index (χ0) is 33.1. The van der Waals surface area contributed by atoms with Gasteiger partial charge in [0.2, 0.25) is 0 Å². The van der Waals surface area contributed by atoms with Crippen molar-refractivity contribution in [3.8, 4) is 17.2 Å². The Balaban J connectivity index is 1.52. The summed E-state index contributed by atoms with van der Waals surface area (Å²) in [6, 6.07) is 0. The molecule has 3 heterocycles. The molecule has 0 aromatic heterocycles. The quantitative estimate of drug-likeness (QED) is 0.198. The van der Waals surface area contributed by atoms with Crippen molar-refractivity contribution in [2.24, 2.45) is 17.8 Å². The van der Waals surface area contributed by atoms with Crippen LogP contribution in [0.5, 0.6) is 17.2 Å². The Bertz CT molecular complexity index is 1770. The Hall–Kier alpha value is -3.91. The highest BCUT2D eigenvalue weighted by Crippen LogP contribution is 2.69. The summed E-state index contributed by atoms with van der Waals surface area (Å²) in [4.78, 5) is 40.4. The molecule has 4 aliphatic carbocycles. The molecule has 1 aromatic carbocycles. The monoisotopic (exact) mass is 626 g/mol. The molecule has 8 heteroatoms. The highest BCUT2D eigenvalue weighted by molar-refractivity contribution is 6.19. The van der Waals surface area contributed by atoms with Gasteiger partial charge in [-0.1, -0.05) is 29.9 Å². The first-order chi connectivity index (χ1) is 21.6. The maximum absolute atomic E-state index is 14.9. The average molecular weight is 627 g/mol. The molecule has 0 radical (unpaired) electrons. The molecule has 46 heavy (non-hydrogen) atoms. The van der Waals surface area contributed by atoms with Gasteiger partial charge >= 0.3 is 0 Å². The topological polar surface area (TPSA) is 108 Å². The van der Waals surface area contributed by atoms with Crippen molar-refractivity contribution in [2.75, 3.05) is 0 Å². The highest BCUT2D eigenvalue weighted by Gasteiger charge is 2.81. The van der Waals surface area contributed by atoms with Crippen molar-refractivity contribution < 1.29 is 38.4 Å². The van der Waals surface area contributed by atoms with Crippen molar-refractivity contribution in [3.05, 3.63) is 70.1 Å². The Morgan fingerprint density at radius 2 is 1.80 bits per heavy atom. The first-order valence-electron chi connectivity index (χ1n) is 16.2. The van der Waals surface area contributed by atoms with Crippen LogP contribution in [0.4, 0.5) is 0 Å². The molecule has 0 amide bonds. The number of carbonyl (C=O) groups excluding carboxylic acids is 3. The first kappa shape index (κ1) is 30.7. The normalized spacial score (nSPS) is 34.2. The lowest BCUT2D eigenvalue weighted by Crippen LogP contribution is -2.72. The van der Waals surface area contributed by atoms with E-state index in [-0.39, 0.29) is 46.9 Å². The van der Waals surface area contributed by atoms with E-state index in [4.69, 9.17) is 18.9 Å². The van der Waals surface area contributed by atoms with Crippen molar-refractivity contribution in [1.82, 2.24) is 0 Å². The molecule has 1 spiro atoms. The van der Waals surface area contributed by atoms with E-state index < -0.39 is 28.3 Å². The van der Waals surface area contributed by atoms with Crippen LogP contribution < -0.4 is 9.47 Å². The van der Waals surface area contributed by atoms with Gasteiger partial charge in [0.25, 0.3) is 6.47 Å². The minimum atomic E-state index is -1.55. The number of Topliss-reactive ketones (excluding diaryl/α,β-unsaturated/α-hetero) is 2. The molecule has 7 aliphatic rings. The summed E-state index contributed by atoms with van der Waals surface area (Å²) < 4.78 is 25.8. The van der Waals surface area contributed by atoms with Gasteiger partial charge in [0.05, 0.1) is 11.2 Å². The summed E-state index contributed by atoms with van der Waals surface area (Å²) in [6.45, 7) is 18.1. The zero-order valence-corrected chi connectivity index (χ0v) is 27.7. The summed E-state index contributed by atoms with van der Waals surface area (Å²) in [5, 5.41) is 12.2. The van der Waals surface area contributed by atoms with Crippen LogP contribution in [0.25, 0.3) is 5.57 Å². The van der Waals surface area contributed by atoms with E-state index in [0.717, 1.165) is 29.6 Å². The van der Waals surface area contributed by atoms with Crippen LogP contribution in [0.15, 0.2) is 53.4 Å². The van der Waals surface area contributed by atoms with Crippen molar-refractivity contribution in [2.45, 2.75) is 103 Å². The SMILES string of the molecule is C=C(C)C1CC[C@]2(C)C=C1c1c(O)c3c(c(CC=C(C)C)c1O2)O[C@]12C(=CC4CC1C(C)(C)O[C@]2(C/C=C(/C)OC=O)C4=O)C3=O. The molecule has 1 aromatic rings. The van der Waals surface area contributed by atoms with Gasteiger partial charge in [0, 0.05) is 35.3 Å². The summed E-state index contributed by atoms with van der Waals surface area (Å²) in [6.07, 6.45) is 10.0. The predicted octanol–water partition coefficient (Wildman–Crippen LogP) is 6.90. The minimum Gasteiger partial charge on any atom is -0.506 e. The summed E-state index contributed by atoms with van der Waals surface area (Å²) in [5.74, 6) is -0.537. The number of fused-ring (bicyclic) bond motifs is 4. The van der Waals surface area contributed by atoms with E-state index in [1.807, 2.05) is 41.5 Å². The molecule has 6 bridgehead atoms. The molecule has 2 fully saturated rings. The Morgan fingerprint density at radius 3 is 2.48 bits per heavy atom. The van der Waals surface area contributed by atoms with Gasteiger partial charge in [-0.3, -0.25) is 14.4 Å². The molecule has 3 aliphatic heterocycles. The van der Waals surface area contributed by atoms with E-state index in [2.05, 4.69) is 18.7 Å². The third-order valence-electron chi connectivity index (χ3n) is 11.2. The standard InChI is InChI=1S/C38H42O8/c1-19(2)9-10-24-32-28(25-17-36(8,44-32)13-12-23(25)20(3)4)31(41)29-30(40)26-15-22-16-27-35(6,7)46-37(34(22)42,14-11-21(5)43-18-39)38(26,27)45-33(24)29/h9,11,15,17-18,22-23,27,41H,3,10,12-14,16H2,1-2,4-8H3/b21-11-/t22?,23?,27?,36-,37-,38-/m1/s1. The van der Waals surface area contributed by atoms with Crippen molar-refractivity contribution in [3.63, 3.8) is 0 Å². The molecular formula is C38H42O8. The largest absolute Gasteiger partial charge is 0.506 e. The average Bonchev–Trinajstić information content (AvgIpc) is 3.12. The summed E-state index contributed by atoms with van der Waals surface area (Å²) in [7, 11) is 0. The van der Waals surface area contributed by atoms with E-state index in [9.17, 15) is 19.5 Å². The lowest BCUT2D eigenvalue weighted by molar-refractivity contribution is -0.171. The van der Waals surface area contributed by atoms with Crippen molar-refractivity contribution >= 4 is 23.6 Å². The molecular weight excluding hydrogens is 584 g/mol. The minimum absolute atomic E-state index is 0.00128. The number of benzene rings is 1. The zero-order valence-electron chi connectivity index (χ0n) is 27.7. The second kappa shape index (κ2) is 9.80. The number of rotatable bonds is 7. The second-order valence-corrected chi connectivity index (χ2v) is 14.9. The fourth-order valence-electron chi connectivity index (χ4n) is 9.14. The summed E-state index contributed by atoms with van der Waals surface area (Å²) >= 11 is 0. The van der Waals surface area contributed by atoms with E-state index in [0.29, 0.717) is 47.5 Å². The van der Waals surface area contributed by atoms with Gasteiger partial charge in [-0.05, 0) is 91.9 Å². The number of aromatic hydroxyl groups is 1. The highest BCUT2D eigenvalue weighted by atomic mass is 16.6. The number of phenols is 1. The van der Waals surface area contributed by atoms with Crippen LogP contribution >= 0.6 is 0 Å². The lowest BCUT2D eigenvalue weighted by Gasteiger charge is -2.56. The van der Waals surface area contributed by atoms with E-state index in [1.165, 1.54) is 0 Å². The van der Waals surface area contributed by atoms with Gasteiger partial charge in [-0.2, -0.15) is 0 Å². The van der Waals surface area contributed by atoms with Crippen molar-refractivity contribution in [1.29, 1.82) is 0 Å². The molecule has 1 saturated carbocycles. The Labute approximate surface area is 269 Å². The van der Waals surface area contributed by atoms with Gasteiger partial charge < -0.3 is 24.1 Å². The maximum Gasteiger partial charge on any atom is 0.298 e. The van der Waals surface area contributed by atoms with Crippen LogP contribution in [0, 0.1) is 17.8 Å². The molecule has 8 nitrogen and oxygen atoms in total. The van der Waals surface area contributed by atoms with Gasteiger partial charge in [0.15, 0.2) is 22.8 Å². The number of allylic oxidation sites excluding steroid dienone is 6. The third-order valence-corrected chi connectivity index (χ3v) is 11.2. The van der Waals surface area contributed by atoms with Gasteiger partial charge in [0.1, 0.15) is 34.2 Å². The molecule has 3 unspecified atom stereocenters. The van der Waals surface area contributed by atoms with Crippen LogP contribution in [0.2, 0.25) is 0 Å². The molecule has 1 N–H and O–H groups in total. The molecule has 242 valence electrons. The number of carbonyl (C=O) groups is 3. The number of ketones is 2. The van der Waals surface area contributed by atoms with Crippen LogP contribution in [-0.2, 0) is 25.5 Å². The van der Waals surface area contributed by atoms with E-state index in [1.54, 1.807) is 19.1 Å². The fraction of sp³-hybridized carbons (Fsp3) is 0.500.